The Morgan fingerprint density at radius 1 is 1.23 bits per heavy atom. The van der Waals surface area contributed by atoms with Gasteiger partial charge in [-0.2, -0.15) is 10.1 Å². The molecule has 1 aliphatic heterocycles. The number of carbonyl (C=O) groups is 2. The zero-order chi connectivity index (χ0) is 22.1. The van der Waals surface area contributed by atoms with Crippen molar-refractivity contribution in [1.29, 1.82) is 0 Å². The quantitative estimate of drug-likeness (QED) is 0.641. The largest absolute Gasteiger partial charge is 0.496 e. The summed E-state index contributed by atoms with van der Waals surface area (Å²) >= 11 is 0. The number of carbonyl (C=O) groups excluding carboxylic acids is 2. The van der Waals surface area contributed by atoms with Crippen LogP contribution in [0.4, 0.5) is 5.69 Å². The van der Waals surface area contributed by atoms with Gasteiger partial charge in [0.25, 0.3) is 5.91 Å². The lowest BCUT2D eigenvalue weighted by atomic mass is 10.0. The smallest absolute Gasteiger partial charge is 0.255 e. The molecule has 1 N–H and O–H groups in total. The molecular weight excluding hydrogens is 394 g/mol. The molecule has 0 spiro atoms. The molecule has 7 nitrogen and oxygen atoms in total. The van der Waals surface area contributed by atoms with Gasteiger partial charge in [-0.3, -0.25) is 9.59 Å². The molecule has 4 rings (SSSR count). The lowest BCUT2D eigenvalue weighted by molar-refractivity contribution is -0.116. The fourth-order valence-electron chi connectivity index (χ4n) is 3.57. The van der Waals surface area contributed by atoms with E-state index in [4.69, 9.17) is 9.15 Å². The fraction of sp³-hybridized carbons (Fsp3) is 0.208. The van der Waals surface area contributed by atoms with E-state index in [1.807, 2.05) is 51.1 Å². The minimum absolute atomic E-state index is 0.0380. The van der Waals surface area contributed by atoms with Gasteiger partial charge >= 0.3 is 0 Å². The topological polar surface area (TPSA) is 84.1 Å². The van der Waals surface area contributed by atoms with Crippen molar-refractivity contribution >= 4 is 39.9 Å². The Labute approximate surface area is 180 Å². The Bertz CT molecular complexity index is 1240. The van der Waals surface area contributed by atoms with Crippen molar-refractivity contribution in [1.82, 2.24) is 5.32 Å². The molecule has 0 radical (unpaired) electrons. The van der Waals surface area contributed by atoms with Crippen LogP contribution in [-0.2, 0) is 9.59 Å². The standard InChI is InChI=1S/C24H23N3O4/c1-14(18-11-19-15(2)16(3)31-21(19)12-20(18)30-4)10-23(28)25-22-13-24(29)27(26-22)17-8-6-5-7-9-17/h5-12H,13H2,1-4H3,(H,25,26,28)/b14-10+. The lowest BCUT2D eigenvalue weighted by Gasteiger charge is -2.10. The van der Waals surface area contributed by atoms with Crippen LogP contribution in [0, 0.1) is 13.8 Å². The Morgan fingerprint density at radius 2 is 1.97 bits per heavy atom. The van der Waals surface area contributed by atoms with E-state index in [-0.39, 0.29) is 18.2 Å². The second-order valence-corrected chi connectivity index (χ2v) is 7.41. The van der Waals surface area contributed by atoms with Crippen LogP contribution in [0.15, 0.2) is 58.1 Å². The zero-order valence-corrected chi connectivity index (χ0v) is 17.9. The normalized spacial score (nSPS) is 14.2. The molecule has 3 aromatic rings. The van der Waals surface area contributed by atoms with E-state index in [9.17, 15) is 9.59 Å². The number of amidine groups is 1. The Morgan fingerprint density at radius 3 is 2.68 bits per heavy atom. The average Bonchev–Trinajstić information content (AvgIpc) is 3.25. The maximum absolute atomic E-state index is 12.6. The molecule has 31 heavy (non-hydrogen) atoms. The summed E-state index contributed by atoms with van der Waals surface area (Å²) in [6.07, 6.45) is 1.51. The molecule has 2 aromatic carbocycles. The van der Waals surface area contributed by atoms with Crippen LogP contribution in [0.25, 0.3) is 16.5 Å². The molecule has 1 aliphatic rings. The molecule has 2 amide bonds. The maximum atomic E-state index is 12.6. The molecule has 0 fully saturated rings. The number of fused-ring (bicyclic) bond motifs is 1. The molecule has 158 valence electrons. The van der Waals surface area contributed by atoms with Crippen LogP contribution in [0.1, 0.15) is 30.2 Å². The Balaban J connectivity index is 1.57. The molecule has 7 heteroatoms. The number of hydrogen-bond acceptors (Lipinski definition) is 5. The summed E-state index contributed by atoms with van der Waals surface area (Å²) in [5.41, 5.74) is 3.97. The molecule has 0 aliphatic carbocycles. The Hall–Kier alpha value is -3.87. The number of anilines is 1. The number of para-hydroxylation sites is 1. The number of rotatable bonds is 4. The molecule has 1 aromatic heterocycles. The number of aryl methyl sites for hydroxylation is 2. The summed E-state index contributed by atoms with van der Waals surface area (Å²) in [4.78, 5) is 24.9. The van der Waals surface area contributed by atoms with E-state index in [2.05, 4.69) is 10.4 Å². The molecule has 0 bridgehead atoms. The third-order valence-corrected chi connectivity index (χ3v) is 5.31. The predicted molar refractivity (Wildman–Crippen MR) is 120 cm³/mol. The highest BCUT2D eigenvalue weighted by Gasteiger charge is 2.26. The highest BCUT2D eigenvalue weighted by Crippen LogP contribution is 2.34. The van der Waals surface area contributed by atoms with Crippen LogP contribution < -0.4 is 15.1 Å². The van der Waals surface area contributed by atoms with Crippen LogP contribution in [0.2, 0.25) is 0 Å². The van der Waals surface area contributed by atoms with Gasteiger partial charge < -0.3 is 14.5 Å². The second kappa shape index (κ2) is 8.10. The van der Waals surface area contributed by atoms with E-state index >= 15 is 0 Å². The summed E-state index contributed by atoms with van der Waals surface area (Å²) in [6.45, 7) is 5.75. The van der Waals surface area contributed by atoms with E-state index in [0.717, 1.165) is 33.4 Å². The van der Waals surface area contributed by atoms with Gasteiger partial charge in [-0.25, -0.2) is 0 Å². The first-order valence-corrected chi connectivity index (χ1v) is 9.90. The summed E-state index contributed by atoms with van der Waals surface area (Å²) < 4.78 is 11.3. The van der Waals surface area contributed by atoms with Gasteiger partial charge in [0.1, 0.15) is 22.9 Å². The first-order valence-electron chi connectivity index (χ1n) is 9.90. The van der Waals surface area contributed by atoms with Crippen molar-refractivity contribution in [3.8, 4) is 5.75 Å². The third-order valence-electron chi connectivity index (χ3n) is 5.31. The van der Waals surface area contributed by atoms with E-state index in [1.165, 1.54) is 11.1 Å². The summed E-state index contributed by atoms with van der Waals surface area (Å²) in [7, 11) is 1.58. The van der Waals surface area contributed by atoms with Gasteiger partial charge in [0.2, 0.25) is 5.91 Å². The first-order chi connectivity index (χ1) is 14.9. The SMILES string of the molecule is COc1cc2oc(C)c(C)c2cc1/C(C)=C/C(=O)NC1=NN(c2ccccc2)C(=O)C1. The average molecular weight is 417 g/mol. The predicted octanol–water partition coefficient (Wildman–Crippen LogP) is 4.33. The number of benzene rings is 2. The number of allylic oxidation sites excluding steroid dienone is 1. The van der Waals surface area contributed by atoms with Crippen molar-refractivity contribution < 1.29 is 18.7 Å². The van der Waals surface area contributed by atoms with Crippen LogP contribution in [-0.4, -0.2) is 24.8 Å². The third kappa shape index (κ3) is 3.94. The molecule has 0 unspecified atom stereocenters. The van der Waals surface area contributed by atoms with E-state index < -0.39 is 0 Å². The number of amides is 2. The van der Waals surface area contributed by atoms with Crippen molar-refractivity contribution in [3.63, 3.8) is 0 Å². The Kier molecular flexibility index (Phi) is 5.33. The van der Waals surface area contributed by atoms with Crippen LogP contribution in [0.5, 0.6) is 5.75 Å². The number of furan rings is 1. The summed E-state index contributed by atoms with van der Waals surface area (Å²) in [5, 5.41) is 9.24. The van der Waals surface area contributed by atoms with Gasteiger partial charge in [0.05, 0.1) is 19.2 Å². The number of hydrogen-bond donors (Lipinski definition) is 1. The molecule has 0 atom stereocenters. The van der Waals surface area contributed by atoms with Gasteiger partial charge in [-0.1, -0.05) is 18.2 Å². The maximum Gasteiger partial charge on any atom is 0.255 e. The highest BCUT2D eigenvalue weighted by atomic mass is 16.5. The zero-order valence-electron chi connectivity index (χ0n) is 17.9. The highest BCUT2D eigenvalue weighted by molar-refractivity contribution is 6.17. The second-order valence-electron chi connectivity index (χ2n) is 7.41. The van der Waals surface area contributed by atoms with Gasteiger partial charge in [-0.15, -0.1) is 0 Å². The first kappa shape index (κ1) is 20.4. The molecule has 2 heterocycles. The fourth-order valence-corrected chi connectivity index (χ4v) is 3.57. The van der Waals surface area contributed by atoms with Gasteiger partial charge in [0, 0.05) is 23.1 Å². The molecule has 0 saturated heterocycles. The van der Waals surface area contributed by atoms with Crippen LogP contribution >= 0.6 is 0 Å². The number of ether oxygens (including phenoxy) is 1. The van der Waals surface area contributed by atoms with Gasteiger partial charge in [-0.05, 0) is 50.1 Å². The molecular formula is C24H23N3O4. The van der Waals surface area contributed by atoms with Crippen molar-refractivity contribution in [2.75, 3.05) is 12.1 Å². The number of nitrogens with zero attached hydrogens (tertiary/aromatic N) is 2. The number of hydrazone groups is 1. The lowest BCUT2D eigenvalue weighted by Crippen LogP contribution is -2.28. The van der Waals surface area contributed by atoms with Crippen molar-refractivity contribution in [2.24, 2.45) is 5.10 Å². The summed E-state index contributed by atoms with van der Waals surface area (Å²) in [5.74, 6) is 1.22. The summed E-state index contributed by atoms with van der Waals surface area (Å²) in [6, 6.07) is 12.9. The minimum atomic E-state index is -0.360. The number of methoxy groups -OCH3 is 1. The molecule has 0 saturated carbocycles. The van der Waals surface area contributed by atoms with Crippen molar-refractivity contribution in [3.05, 3.63) is 65.4 Å². The monoisotopic (exact) mass is 417 g/mol. The van der Waals surface area contributed by atoms with Crippen molar-refractivity contribution in [2.45, 2.75) is 27.2 Å². The van der Waals surface area contributed by atoms with E-state index in [1.54, 1.807) is 19.2 Å². The minimum Gasteiger partial charge on any atom is -0.496 e. The van der Waals surface area contributed by atoms with Crippen LogP contribution in [0.3, 0.4) is 0 Å². The van der Waals surface area contributed by atoms with Gasteiger partial charge in [0.15, 0.2) is 0 Å². The number of nitrogens with one attached hydrogen (secondary N) is 1. The van der Waals surface area contributed by atoms with E-state index in [0.29, 0.717) is 17.3 Å².